The number of anilines is 1. The molecule has 0 spiro atoms. The third-order valence-corrected chi connectivity index (χ3v) is 11.5. The van der Waals surface area contributed by atoms with Crippen molar-refractivity contribution in [2.45, 2.75) is 94.8 Å². The maximum atomic E-state index is 14.3. The van der Waals surface area contributed by atoms with Crippen LogP contribution in [0.25, 0.3) is 0 Å². The highest BCUT2D eigenvalue weighted by Crippen LogP contribution is 2.40. The molecule has 1 amide bonds. The molecule has 5 rings (SSSR count). The molecule has 2 aromatic carbocycles. The van der Waals surface area contributed by atoms with Gasteiger partial charge in [-0.2, -0.15) is 23.0 Å². The van der Waals surface area contributed by atoms with Gasteiger partial charge in [0.15, 0.2) is 0 Å². The highest BCUT2D eigenvalue weighted by atomic mass is 32.2. The average Bonchev–Trinajstić information content (AvgIpc) is 3.10. The summed E-state index contributed by atoms with van der Waals surface area (Å²) in [5.74, 6) is -2.08. The Hall–Kier alpha value is -2.62. The first-order valence-corrected chi connectivity index (χ1v) is 17.4. The summed E-state index contributed by atoms with van der Waals surface area (Å²) < 4.78 is 90.0. The summed E-state index contributed by atoms with van der Waals surface area (Å²) in [7, 11) is -3.55. The van der Waals surface area contributed by atoms with Crippen LogP contribution < -0.4 is 16.1 Å². The number of sulfonamides is 1. The zero-order valence-corrected chi connectivity index (χ0v) is 26.7. The lowest BCUT2D eigenvalue weighted by Gasteiger charge is -2.39. The number of nitrogens with zero attached hydrogens (tertiary/aromatic N) is 1. The maximum absolute atomic E-state index is 14.3. The van der Waals surface area contributed by atoms with Crippen molar-refractivity contribution >= 4 is 21.6 Å². The lowest BCUT2D eigenvalue weighted by molar-refractivity contribution is -0.138. The van der Waals surface area contributed by atoms with Crippen LogP contribution in [0.5, 0.6) is 0 Å². The van der Waals surface area contributed by atoms with E-state index in [9.17, 15) is 36.0 Å². The molecule has 3 saturated heterocycles. The first-order chi connectivity index (χ1) is 21.8. The van der Waals surface area contributed by atoms with Crippen molar-refractivity contribution in [3.63, 3.8) is 0 Å². The molecular weight excluding hydrogens is 628 g/mol. The lowest BCUT2D eigenvalue weighted by atomic mass is 9.74. The minimum absolute atomic E-state index is 0.00241. The fourth-order valence-corrected chi connectivity index (χ4v) is 9.29. The van der Waals surface area contributed by atoms with E-state index in [4.69, 9.17) is 4.74 Å². The van der Waals surface area contributed by atoms with Gasteiger partial charge in [0.05, 0.1) is 23.5 Å². The van der Waals surface area contributed by atoms with Crippen LogP contribution in [0, 0.1) is 11.7 Å². The highest BCUT2D eigenvalue weighted by Gasteiger charge is 2.41. The number of hydrogen-bond acceptors (Lipinski definition) is 7. The minimum Gasteiger partial charge on any atom is -0.376 e. The largest absolute Gasteiger partial charge is 0.416 e. The van der Waals surface area contributed by atoms with Gasteiger partial charge in [-0.3, -0.25) is 4.79 Å². The molecule has 2 bridgehead atoms. The second-order valence-electron chi connectivity index (χ2n) is 12.8. The molecule has 0 aliphatic carbocycles. The van der Waals surface area contributed by atoms with Gasteiger partial charge < -0.3 is 20.6 Å². The van der Waals surface area contributed by atoms with Crippen LogP contribution in [-0.4, -0.2) is 73.0 Å². The molecule has 14 heteroatoms. The van der Waals surface area contributed by atoms with Gasteiger partial charge in [-0.15, -0.1) is 0 Å². The molecule has 254 valence electrons. The van der Waals surface area contributed by atoms with Gasteiger partial charge in [-0.1, -0.05) is 18.2 Å². The summed E-state index contributed by atoms with van der Waals surface area (Å²) in [5, 5.41) is 16.3. The molecule has 4 N–H and O–H groups in total. The predicted molar refractivity (Wildman–Crippen MR) is 164 cm³/mol. The van der Waals surface area contributed by atoms with Crippen LogP contribution in [0.15, 0.2) is 42.5 Å². The molecule has 0 saturated carbocycles. The molecule has 3 fully saturated rings. The van der Waals surface area contributed by atoms with Crippen LogP contribution >= 0.6 is 0 Å². The van der Waals surface area contributed by atoms with E-state index in [-0.39, 0.29) is 60.6 Å². The number of piperazine rings is 1. The topological polar surface area (TPSA) is 120 Å². The lowest BCUT2D eigenvalue weighted by Crippen LogP contribution is -2.57. The van der Waals surface area contributed by atoms with E-state index in [1.165, 1.54) is 40.7 Å². The predicted octanol–water partition coefficient (Wildman–Crippen LogP) is 4.82. The van der Waals surface area contributed by atoms with E-state index >= 15 is 0 Å². The first-order valence-electron chi connectivity index (χ1n) is 15.8. The standard InChI is InChI=1S/C32H42F4N4O5S/c1-19-15-22(16-20(2)45-19)29(21-8-10-23(33)11-9-21)30(39-42)31(41)38-28-7-3-6-27(32(34,35)36)26(28)13-12-25-17-37-24-5-4-14-46(43,44)40(25)18-24/h3,6-11,19-20,22,24-25,29-30,37,39,42H,4-5,12-18H2,1-2H3,(H,38,41)/t19-,20+,22?,24-,25+,29+,30+/m1/s1. The summed E-state index contributed by atoms with van der Waals surface area (Å²) in [4.78, 5) is 13.9. The number of alkyl halides is 3. The van der Waals surface area contributed by atoms with Gasteiger partial charge in [0.2, 0.25) is 15.9 Å². The quantitative estimate of drug-likeness (QED) is 0.223. The van der Waals surface area contributed by atoms with E-state index in [2.05, 4.69) is 16.1 Å². The van der Waals surface area contributed by atoms with Crippen LogP contribution in [0.3, 0.4) is 0 Å². The van der Waals surface area contributed by atoms with E-state index in [1.54, 1.807) is 0 Å². The van der Waals surface area contributed by atoms with Crippen molar-refractivity contribution in [1.29, 1.82) is 0 Å². The number of carbonyl (C=O) groups is 1. The molecule has 3 aliphatic heterocycles. The highest BCUT2D eigenvalue weighted by molar-refractivity contribution is 7.89. The molecule has 3 aliphatic rings. The third-order valence-electron chi connectivity index (χ3n) is 9.51. The second kappa shape index (κ2) is 14.2. The van der Waals surface area contributed by atoms with E-state index in [0.717, 1.165) is 6.07 Å². The molecule has 0 aromatic heterocycles. The second-order valence-corrected chi connectivity index (χ2v) is 14.9. The molecule has 0 radical (unpaired) electrons. The van der Waals surface area contributed by atoms with Crippen molar-refractivity contribution in [3.8, 4) is 0 Å². The Balaban J connectivity index is 1.44. The number of hydroxylamine groups is 1. The number of carbonyl (C=O) groups excluding carboxylic acids is 1. The van der Waals surface area contributed by atoms with E-state index < -0.39 is 51.5 Å². The maximum Gasteiger partial charge on any atom is 0.416 e. The smallest absolute Gasteiger partial charge is 0.376 e. The van der Waals surface area contributed by atoms with Gasteiger partial charge in [0.1, 0.15) is 11.9 Å². The Labute approximate surface area is 267 Å². The summed E-state index contributed by atoms with van der Waals surface area (Å²) >= 11 is 0. The van der Waals surface area contributed by atoms with Crippen molar-refractivity contribution < 1.29 is 40.7 Å². The van der Waals surface area contributed by atoms with Gasteiger partial charge in [0.25, 0.3) is 0 Å². The summed E-state index contributed by atoms with van der Waals surface area (Å²) in [6, 6.07) is 7.29. The number of fused-ring (bicyclic) bond motifs is 2. The number of ether oxygens (including phenoxy) is 1. The van der Waals surface area contributed by atoms with Crippen molar-refractivity contribution in [2.24, 2.45) is 5.92 Å². The van der Waals surface area contributed by atoms with Crippen LogP contribution in [0.1, 0.15) is 68.6 Å². The molecule has 8 atom stereocenters. The van der Waals surface area contributed by atoms with Gasteiger partial charge in [0, 0.05) is 36.8 Å². The number of benzene rings is 2. The van der Waals surface area contributed by atoms with E-state index in [1.807, 2.05) is 13.8 Å². The summed E-state index contributed by atoms with van der Waals surface area (Å²) in [6.45, 7) is 4.40. The Morgan fingerprint density at radius 1 is 1.13 bits per heavy atom. The number of nitrogens with one attached hydrogen (secondary N) is 3. The number of hydrogen-bond donors (Lipinski definition) is 4. The molecule has 2 unspecified atom stereocenters. The molecule has 46 heavy (non-hydrogen) atoms. The molecular formula is C32H42F4N4O5S. The Bertz CT molecular complexity index is 1470. The Kier molecular flexibility index (Phi) is 10.7. The summed E-state index contributed by atoms with van der Waals surface area (Å²) in [6.07, 6.45) is -2.76. The SMILES string of the molecule is C[C@@H]1CC([C@H](c2ccc(F)cc2)[C@H](NO)C(=O)Nc2cccc(C(F)(F)F)c2CC[C@H]2CN[C@@H]3CCCS(=O)(=O)N2C3)C[C@H](C)O1. The van der Waals surface area contributed by atoms with Gasteiger partial charge in [-0.25, -0.2) is 12.8 Å². The normalized spacial score (nSPS) is 29.4. The fraction of sp³-hybridized carbons (Fsp3) is 0.594. The fourth-order valence-electron chi connectivity index (χ4n) is 7.48. The van der Waals surface area contributed by atoms with Crippen LogP contribution in [-0.2, 0) is 32.2 Å². The zero-order valence-electron chi connectivity index (χ0n) is 25.9. The van der Waals surface area contributed by atoms with Crippen molar-refractivity contribution in [2.75, 3.05) is 24.2 Å². The monoisotopic (exact) mass is 670 g/mol. The van der Waals surface area contributed by atoms with E-state index in [0.29, 0.717) is 37.8 Å². The third kappa shape index (κ3) is 7.91. The van der Waals surface area contributed by atoms with Crippen LogP contribution in [0.4, 0.5) is 23.2 Å². The molecule has 9 nitrogen and oxygen atoms in total. The Morgan fingerprint density at radius 2 is 1.83 bits per heavy atom. The molecule has 3 heterocycles. The average molecular weight is 671 g/mol. The number of amides is 1. The van der Waals surface area contributed by atoms with Crippen LogP contribution in [0.2, 0.25) is 0 Å². The Morgan fingerprint density at radius 3 is 2.48 bits per heavy atom. The summed E-state index contributed by atoms with van der Waals surface area (Å²) in [5.41, 5.74) is 1.51. The first kappa shape index (κ1) is 34.7. The number of halogens is 4. The minimum atomic E-state index is -4.74. The number of rotatable bonds is 9. The zero-order chi connectivity index (χ0) is 33.2. The van der Waals surface area contributed by atoms with Gasteiger partial charge in [-0.05, 0) is 93.7 Å². The van der Waals surface area contributed by atoms with Gasteiger partial charge >= 0.3 is 6.18 Å². The molecule has 2 aromatic rings. The van der Waals surface area contributed by atoms with Crippen molar-refractivity contribution in [3.05, 3.63) is 65.0 Å². The van der Waals surface area contributed by atoms with Crippen molar-refractivity contribution in [1.82, 2.24) is 15.1 Å².